The fourth-order valence-electron chi connectivity index (χ4n) is 1.33. The molecule has 0 amide bonds. The summed E-state index contributed by atoms with van der Waals surface area (Å²) in [6, 6.07) is 1.84. The molecule has 1 rings (SSSR count). The zero-order valence-corrected chi connectivity index (χ0v) is 11.5. The molecule has 0 aliphatic carbocycles. The summed E-state index contributed by atoms with van der Waals surface area (Å²) in [6.45, 7) is 4.21. The van der Waals surface area contributed by atoms with E-state index in [-0.39, 0.29) is 12.6 Å². The SMILES string of the molecule is CNc1cc(NC(CO)C(C)C)nc(SC)n1. The highest BCUT2D eigenvalue weighted by atomic mass is 32.2. The van der Waals surface area contributed by atoms with Crippen molar-refractivity contribution in [3.63, 3.8) is 0 Å². The van der Waals surface area contributed by atoms with E-state index in [2.05, 4.69) is 34.4 Å². The number of anilines is 2. The summed E-state index contributed by atoms with van der Waals surface area (Å²) in [7, 11) is 1.82. The molecule has 0 spiro atoms. The molecule has 0 radical (unpaired) electrons. The molecule has 0 bridgehead atoms. The van der Waals surface area contributed by atoms with Crippen molar-refractivity contribution < 1.29 is 5.11 Å². The lowest BCUT2D eigenvalue weighted by molar-refractivity contribution is 0.249. The third-order valence-electron chi connectivity index (χ3n) is 2.48. The van der Waals surface area contributed by atoms with Gasteiger partial charge in [0.05, 0.1) is 12.6 Å². The van der Waals surface area contributed by atoms with Gasteiger partial charge in [-0.2, -0.15) is 0 Å². The molecule has 1 aromatic rings. The van der Waals surface area contributed by atoms with Gasteiger partial charge in [-0.25, -0.2) is 9.97 Å². The van der Waals surface area contributed by atoms with E-state index < -0.39 is 0 Å². The minimum Gasteiger partial charge on any atom is -0.394 e. The first kappa shape index (κ1) is 14.1. The molecule has 0 aromatic carbocycles. The molecule has 3 N–H and O–H groups in total. The Hall–Kier alpha value is -1.01. The van der Waals surface area contributed by atoms with Crippen LogP contribution in [0.3, 0.4) is 0 Å². The molecule has 0 saturated heterocycles. The van der Waals surface area contributed by atoms with Crippen molar-refractivity contribution >= 4 is 23.4 Å². The molecule has 96 valence electrons. The second-order valence-corrected chi connectivity index (χ2v) is 4.83. The number of aromatic nitrogens is 2. The van der Waals surface area contributed by atoms with E-state index in [1.54, 1.807) is 0 Å². The molecule has 6 heteroatoms. The minimum atomic E-state index is 0.00399. The Bertz CT molecular complexity index is 337. The summed E-state index contributed by atoms with van der Waals surface area (Å²) in [6.07, 6.45) is 1.94. The smallest absolute Gasteiger partial charge is 0.191 e. The van der Waals surface area contributed by atoms with Crippen LogP contribution in [0.2, 0.25) is 0 Å². The van der Waals surface area contributed by atoms with Crippen LogP contribution >= 0.6 is 11.8 Å². The number of aliphatic hydroxyl groups is 1. The van der Waals surface area contributed by atoms with Gasteiger partial charge >= 0.3 is 0 Å². The van der Waals surface area contributed by atoms with Gasteiger partial charge in [-0.15, -0.1) is 0 Å². The van der Waals surface area contributed by atoms with Crippen molar-refractivity contribution in [1.82, 2.24) is 9.97 Å². The molecule has 1 unspecified atom stereocenters. The minimum absolute atomic E-state index is 0.00399. The van der Waals surface area contributed by atoms with Crippen molar-refractivity contribution in [2.75, 3.05) is 30.5 Å². The average molecular weight is 256 g/mol. The van der Waals surface area contributed by atoms with E-state index in [0.29, 0.717) is 11.1 Å². The van der Waals surface area contributed by atoms with Crippen LogP contribution < -0.4 is 10.6 Å². The van der Waals surface area contributed by atoms with E-state index in [4.69, 9.17) is 0 Å². The van der Waals surface area contributed by atoms with Crippen molar-refractivity contribution in [1.29, 1.82) is 0 Å². The third-order valence-corrected chi connectivity index (χ3v) is 3.03. The summed E-state index contributed by atoms with van der Waals surface area (Å²) >= 11 is 1.49. The Labute approximate surface area is 106 Å². The van der Waals surface area contributed by atoms with E-state index in [9.17, 15) is 5.11 Å². The molecule has 1 atom stereocenters. The summed E-state index contributed by atoms with van der Waals surface area (Å²) in [4.78, 5) is 8.65. The zero-order chi connectivity index (χ0) is 12.8. The normalized spacial score (nSPS) is 12.6. The molecule has 1 heterocycles. The lowest BCUT2D eigenvalue weighted by Gasteiger charge is -2.20. The number of thioether (sulfide) groups is 1. The van der Waals surface area contributed by atoms with E-state index in [0.717, 1.165) is 11.6 Å². The van der Waals surface area contributed by atoms with Crippen LogP contribution in [-0.4, -0.2) is 41.0 Å². The molecule has 1 aromatic heterocycles. The highest BCUT2D eigenvalue weighted by Crippen LogP contribution is 2.18. The quantitative estimate of drug-likeness (QED) is 0.531. The zero-order valence-electron chi connectivity index (χ0n) is 10.7. The summed E-state index contributed by atoms with van der Waals surface area (Å²) < 4.78 is 0. The number of aliphatic hydroxyl groups excluding tert-OH is 1. The number of hydrogen-bond donors (Lipinski definition) is 3. The van der Waals surface area contributed by atoms with Gasteiger partial charge in [0.1, 0.15) is 11.6 Å². The van der Waals surface area contributed by atoms with Crippen LogP contribution in [0.4, 0.5) is 11.6 Å². The Balaban J connectivity index is 2.89. The Morgan fingerprint density at radius 1 is 1.35 bits per heavy atom. The summed E-state index contributed by atoms with van der Waals surface area (Å²) in [5, 5.41) is 16.2. The van der Waals surface area contributed by atoms with Crippen molar-refractivity contribution in [2.45, 2.75) is 25.0 Å². The van der Waals surface area contributed by atoms with Crippen LogP contribution in [0.25, 0.3) is 0 Å². The first-order valence-electron chi connectivity index (χ1n) is 5.59. The maximum absolute atomic E-state index is 9.28. The molecular weight excluding hydrogens is 236 g/mol. The third kappa shape index (κ3) is 4.05. The van der Waals surface area contributed by atoms with E-state index in [1.807, 2.05) is 19.4 Å². The lowest BCUT2D eigenvalue weighted by Crippen LogP contribution is -2.30. The predicted molar refractivity (Wildman–Crippen MR) is 72.7 cm³/mol. The van der Waals surface area contributed by atoms with Crippen LogP contribution in [0.5, 0.6) is 0 Å². The number of rotatable bonds is 6. The molecule has 5 nitrogen and oxygen atoms in total. The lowest BCUT2D eigenvalue weighted by atomic mass is 10.1. The van der Waals surface area contributed by atoms with Gasteiger partial charge in [-0.05, 0) is 12.2 Å². The van der Waals surface area contributed by atoms with Gasteiger partial charge in [0.2, 0.25) is 0 Å². The van der Waals surface area contributed by atoms with Gasteiger partial charge in [-0.3, -0.25) is 0 Å². The van der Waals surface area contributed by atoms with E-state index in [1.165, 1.54) is 11.8 Å². The second-order valence-electron chi connectivity index (χ2n) is 4.05. The van der Waals surface area contributed by atoms with Gasteiger partial charge in [0.25, 0.3) is 0 Å². The highest BCUT2D eigenvalue weighted by Gasteiger charge is 2.13. The first-order chi connectivity index (χ1) is 8.10. The van der Waals surface area contributed by atoms with Crippen LogP contribution in [0.1, 0.15) is 13.8 Å². The van der Waals surface area contributed by atoms with Crippen molar-refractivity contribution in [3.05, 3.63) is 6.07 Å². The molecule has 0 aliphatic rings. The number of nitrogens with zero attached hydrogens (tertiary/aromatic N) is 2. The first-order valence-corrected chi connectivity index (χ1v) is 6.81. The monoisotopic (exact) mass is 256 g/mol. The van der Waals surface area contributed by atoms with Gasteiger partial charge in [0.15, 0.2) is 5.16 Å². The predicted octanol–water partition coefficient (Wildman–Crippen LogP) is 1.67. The maximum Gasteiger partial charge on any atom is 0.191 e. The second kappa shape index (κ2) is 6.66. The Morgan fingerprint density at radius 2 is 2.00 bits per heavy atom. The Morgan fingerprint density at radius 3 is 2.47 bits per heavy atom. The van der Waals surface area contributed by atoms with Crippen LogP contribution in [0, 0.1) is 5.92 Å². The van der Waals surface area contributed by atoms with Gasteiger partial charge in [0, 0.05) is 13.1 Å². The topological polar surface area (TPSA) is 70.1 Å². The van der Waals surface area contributed by atoms with Crippen LogP contribution in [0.15, 0.2) is 11.2 Å². The molecule has 0 fully saturated rings. The molecule has 0 aliphatic heterocycles. The largest absolute Gasteiger partial charge is 0.394 e. The van der Waals surface area contributed by atoms with Crippen molar-refractivity contribution in [3.8, 4) is 0 Å². The summed E-state index contributed by atoms with van der Waals surface area (Å²) in [5.41, 5.74) is 0. The maximum atomic E-state index is 9.28. The Kier molecular flexibility index (Phi) is 5.50. The average Bonchev–Trinajstić information content (AvgIpc) is 2.34. The van der Waals surface area contributed by atoms with Crippen molar-refractivity contribution in [2.24, 2.45) is 5.92 Å². The molecule has 17 heavy (non-hydrogen) atoms. The van der Waals surface area contributed by atoms with E-state index >= 15 is 0 Å². The molecule has 0 saturated carbocycles. The number of hydrogen-bond acceptors (Lipinski definition) is 6. The van der Waals surface area contributed by atoms with Crippen LogP contribution in [-0.2, 0) is 0 Å². The van der Waals surface area contributed by atoms with Gasteiger partial charge in [-0.1, -0.05) is 25.6 Å². The fourth-order valence-corrected chi connectivity index (χ4v) is 1.71. The molecular formula is C11H20N4OS. The number of nitrogens with one attached hydrogen (secondary N) is 2. The summed E-state index contributed by atoms with van der Waals surface area (Å²) in [5.74, 6) is 1.85. The standard InChI is InChI=1S/C11H20N4OS/c1-7(2)8(6-16)13-10-5-9(12-3)14-11(15-10)17-4/h5,7-8,16H,6H2,1-4H3,(H2,12,13,14,15). The fraction of sp³-hybridized carbons (Fsp3) is 0.636. The highest BCUT2D eigenvalue weighted by molar-refractivity contribution is 7.98. The van der Waals surface area contributed by atoms with Gasteiger partial charge < -0.3 is 15.7 Å².